The Labute approximate surface area is 203 Å². The molecule has 1 aromatic rings. The third-order valence-electron chi connectivity index (χ3n) is 5.43. The second kappa shape index (κ2) is 13.8. The number of aliphatic carboxylic acids is 1. The summed E-state index contributed by atoms with van der Waals surface area (Å²) in [6.07, 6.45) is -0.719. The fourth-order valence-electron chi connectivity index (χ4n) is 2.96. The number of nitrogens with one attached hydrogen (secondary N) is 3. The number of carboxylic acid groups (broad SMARTS) is 1. The van der Waals surface area contributed by atoms with E-state index >= 15 is 0 Å². The first-order valence-electron chi connectivity index (χ1n) is 10.9. The molecule has 0 aliphatic rings. The molecule has 0 bridgehead atoms. The highest BCUT2D eigenvalue weighted by Crippen LogP contribution is 2.12. The zero-order valence-corrected chi connectivity index (χ0v) is 20.3. The molecule has 0 saturated carbocycles. The van der Waals surface area contributed by atoms with Crippen molar-refractivity contribution in [2.75, 3.05) is 5.75 Å². The topological polar surface area (TPSA) is 191 Å². The number of carbonyl (C=O) groups excluding carboxylic acids is 3. The molecule has 0 aliphatic heterocycles. The highest BCUT2D eigenvalue weighted by molar-refractivity contribution is 7.80. The number of aromatic hydroxyl groups is 1. The largest absolute Gasteiger partial charge is 0.508 e. The third-order valence-corrected chi connectivity index (χ3v) is 5.79. The van der Waals surface area contributed by atoms with Crippen LogP contribution in [0.15, 0.2) is 24.3 Å². The molecule has 0 radical (unpaired) electrons. The average molecular weight is 499 g/mol. The van der Waals surface area contributed by atoms with Crippen LogP contribution in [0.25, 0.3) is 0 Å². The van der Waals surface area contributed by atoms with Crippen LogP contribution in [0.4, 0.5) is 0 Å². The quantitative estimate of drug-likeness (QED) is 0.161. The van der Waals surface area contributed by atoms with E-state index in [1.807, 2.05) is 6.92 Å². The first kappa shape index (κ1) is 29.2. The number of phenols is 1. The van der Waals surface area contributed by atoms with E-state index in [2.05, 4.69) is 28.6 Å². The van der Waals surface area contributed by atoms with Crippen molar-refractivity contribution in [3.8, 4) is 5.75 Å². The third kappa shape index (κ3) is 8.84. The summed E-state index contributed by atoms with van der Waals surface area (Å²) in [6.45, 7) is 4.94. The van der Waals surface area contributed by atoms with Gasteiger partial charge in [-0.1, -0.05) is 32.4 Å². The molecule has 1 aromatic carbocycles. The van der Waals surface area contributed by atoms with Crippen molar-refractivity contribution in [3.05, 3.63) is 29.8 Å². The minimum Gasteiger partial charge on any atom is -0.508 e. The van der Waals surface area contributed by atoms with Gasteiger partial charge in [-0.25, -0.2) is 4.79 Å². The van der Waals surface area contributed by atoms with Crippen LogP contribution in [0.1, 0.15) is 32.8 Å². The number of thiol groups is 1. The van der Waals surface area contributed by atoms with E-state index in [1.165, 1.54) is 31.2 Å². The Kier molecular flexibility index (Phi) is 11.8. The first-order chi connectivity index (χ1) is 15.9. The number of phenolic OH excluding ortho intramolecular Hbond substituents is 1. The van der Waals surface area contributed by atoms with E-state index in [-0.39, 0.29) is 23.8 Å². The summed E-state index contributed by atoms with van der Waals surface area (Å²) < 4.78 is 0. The number of carboxylic acids is 1. The minimum atomic E-state index is -1.38. The van der Waals surface area contributed by atoms with Gasteiger partial charge in [0.15, 0.2) is 0 Å². The van der Waals surface area contributed by atoms with Gasteiger partial charge in [-0.05, 0) is 30.5 Å². The van der Waals surface area contributed by atoms with Gasteiger partial charge in [0, 0.05) is 12.2 Å². The lowest BCUT2D eigenvalue weighted by atomic mass is 9.98. The maximum absolute atomic E-state index is 12.7. The zero-order chi connectivity index (χ0) is 26.0. The number of aliphatic hydroxyl groups is 1. The number of hydrogen-bond acceptors (Lipinski definition) is 8. The molecule has 8 N–H and O–H groups in total. The lowest BCUT2D eigenvalue weighted by molar-refractivity contribution is -0.142. The molecule has 1 rings (SSSR count). The molecule has 0 aliphatic carbocycles. The van der Waals surface area contributed by atoms with Crippen LogP contribution < -0.4 is 21.7 Å². The molecule has 190 valence electrons. The van der Waals surface area contributed by atoms with Gasteiger partial charge in [0.1, 0.15) is 23.9 Å². The Morgan fingerprint density at radius 2 is 1.53 bits per heavy atom. The summed E-state index contributed by atoms with van der Waals surface area (Å²) in [5.74, 6) is -3.88. The van der Waals surface area contributed by atoms with E-state index < -0.39 is 54.0 Å². The van der Waals surface area contributed by atoms with E-state index in [0.29, 0.717) is 12.0 Å². The number of carbonyl (C=O) groups is 4. The molecule has 12 heteroatoms. The Bertz CT molecular complexity index is 850. The normalized spacial score (nSPS) is 16.3. The maximum atomic E-state index is 12.7. The molecule has 6 unspecified atom stereocenters. The molecular formula is C22H34N4O7S. The Balaban J connectivity index is 2.86. The molecule has 0 aromatic heterocycles. The summed E-state index contributed by atoms with van der Waals surface area (Å²) >= 11 is 4.06. The van der Waals surface area contributed by atoms with Crippen molar-refractivity contribution >= 4 is 36.3 Å². The molecule has 0 saturated heterocycles. The van der Waals surface area contributed by atoms with Crippen molar-refractivity contribution in [2.45, 2.75) is 63.9 Å². The van der Waals surface area contributed by atoms with E-state index in [9.17, 15) is 34.5 Å². The number of nitrogens with two attached hydrogens (primary N) is 1. The van der Waals surface area contributed by atoms with Crippen molar-refractivity contribution < 1.29 is 34.5 Å². The van der Waals surface area contributed by atoms with Crippen molar-refractivity contribution in [1.29, 1.82) is 0 Å². The Hall–Kier alpha value is -2.83. The number of rotatable bonds is 13. The molecule has 3 amide bonds. The summed E-state index contributed by atoms with van der Waals surface area (Å²) in [7, 11) is 0. The van der Waals surface area contributed by atoms with E-state index in [4.69, 9.17) is 5.73 Å². The fraction of sp³-hybridized carbons (Fsp3) is 0.545. The van der Waals surface area contributed by atoms with Crippen LogP contribution in [0, 0.1) is 5.92 Å². The monoisotopic (exact) mass is 498 g/mol. The summed E-state index contributed by atoms with van der Waals surface area (Å²) in [5, 5.41) is 36.0. The SMILES string of the molecule is CCC(C)C(N)C(=O)NC(C(=O)NC(CS)C(=O)NC(Cc1ccc(O)cc1)C(=O)O)C(C)O. The van der Waals surface area contributed by atoms with Gasteiger partial charge >= 0.3 is 5.97 Å². The van der Waals surface area contributed by atoms with Gasteiger partial charge in [0.05, 0.1) is 12.1 Å². The summed E-state index contributed by atoms with van der Waals surface area (Å²) in [6, 6.07) is 1.01. The van der Waals surface area contributed by atoms with E-state index in [1.54, 1.807) is 6.92 Å². The average Bonchev–Trinajstić information content (AvgIpc) is 2.79. The first-order valence-corrected chi connectivity index (χ1v) is 11.5. The van der Waals surface area contributed by atoms with Crippen LogP contribution in [0.5, 0.6) is 5.75 Å². The summed E-state index contributed by atoms with van der Waals surface area (Å²) in [4.78, 5) is 49.4. The molecule has 34 heavy (non-hydrogen) atoms. The maximum Gasteiger partial charge on any atom is 0.326 e. The van der Waals surface area contributed by atoms with Crippen LogP contribution in [-0.4, -0.2) is 75.0 Å². The lowest BCUT2D eigenvalue weighted by Crippen LogP contribution is -2.60. The number of aliphatic hydroxyl groups excluding tert-OH is 1. The van der Waals surface area contributed by atoms with Crippen LogP contribution in [0.2, 0.25) is 0 Å². The standard InChI is InChI=1S/C22H34N4O7S/c1-4-11(2)17(23)20(30)26-18(12(3)27)21(31)25-16(10-34)19(29)24-15(22(32)33)9-13-5-7-14(28)8-6-13/h5-8,11-12,15-18,27-28,34H,4,9-10,23H2,1-3H3,(H,24,29)(H,25,31)(H,26,30)(H,32,33). The molecule has 6 atom stereocenters. The summed E-state index contributed by atoms with van der Waals surface area (Å²) in [5.41, 5.74) is 6.44. The Morgan fingerprint density at radius 1 is 0.971 bits per heavy atom. The minimum absolute atomic E-state index is 0.0161. The molecule has 11 nitrogen and oxygen atoms in total. The smallest absolute Gasteiger partial charge is 0.326 e. The highest BCUT2D eigenvalue weighted by Gasteiger charge is 2.32. The second-order valence-corrected chi connectivity index (χ2v) is 8.52. The number of amides is 3. The van der Waals surface area contributed by atoms with Crippen molar-refractivity contribution in [1.82, 2.24) is 16.0 Å². The van der Waals surface area contributed by atoms with Crippen LogP contribution in [-0.2, 0) is 25.6 Å². The van der Waals surface area contributed by atoms with Gasteiger partial charge < -0.3 is 37.0 Å². The van der Waals surface area contributed by atoms with Gasteiger partial charge in [0.2, 0.25) is 17.7 Å². The predicted molar refractivity (Wildman–Crippen MR) is 128 cm³/mol. The van der Waals surface area contributed by atoms with Gasteiger partial charge in [0.25, 0.3) is 0 Å². The number of benzene rings is 1. The molecule has 0 heterocycles. The zero-order valence-electron chi connectivity index (χ0n) is 19.4. The lowest BCUT2D eigenvalue weighted by Gasteiger charge is -2.26. The second-order valence-electron chi connectivity index (χ2n) is 8.15. The van der Waals surface area contributed by atoms with E-state index in [0.717, 1.165) is 0 Å². The molecule has 0 spiro atoms. The molecular weight excluding hydrogens is 464 g/mol. The van der Waals surface area contributed by atoms with Gasteiger partial charge in [-0.15, -0.1) is 0 Å². The number of hydrogen-bond donors (Lipinski definition) is 8. The van der Waals surface area contributed by atoms with Crippen molar-refractivity contribution in [3.63, 3.8) is 0 Å². The fourth-order valence-corrected chi connectivity index (χ4v) is 3.22. The molecule has 0 fully saturated rings. The van der Waals surface area contributed by atoms with Gasteiger partial charge in [-0.2, -0.15) is 12.6 Å². The van der Waals surface area contributed by atoms with Gasteiger partial charge in [-0.3, -0.25) is 14.4 Å². The van der Waals surface area contributed by atoms with Crippen molar-refractivity contribution in [2.24, 2.45) is 11.7 Å². The van der Waals surface area contributed by atoms with Crippen LogP contribution in [0.3, 0.4) is 0 Å². The van der Waals surface area contributed by atoms with Crippen LogP contribution >= 0.6 is 12.6 Å². The highest BCUT2D eigenvalue weighted by atomic mass is 32.1. The Morgan fingerprint density at radius 3 is 2.00 bits per heavy atom. The predicted octanol–water partition coefficient (Wildman–Crippen LogP) is -0.842.